The van der Waals surface area contributed by atoms with Crippen molar-refractivity contribution in [2.45, 2.75) is 38.9 Å². The van der Waals surface area contributed by atoms with Crippen molar-refractivity contribution in [2.75, 3.05) is 0 Å². The first-order valence-corrected chi connectivity index (χ1v) is 8.02. The highest BCUT2D eigenvalue weighted by molar-refractivity contribution is 6.74. The molecule has 0 aliphatic carbocycles. The molecule has 0 amide bonds. The van der Waals surface area contributed by atoms with Gasteiger partial charge in [-0.05, 0) is 24.2 Å². The van der Waals surface area contributed by atoms with Gasteiger partial charge in [-0.25, -0.2) is 0 Å². The molecule has 0 aromatic carbocycles. The second kappa shape index (κ2) is 3.85. The Hall–Kier alpha value is -1.03. The van der Waals surface area contributed by atoms with Gasteiger partial charge in [0, 0.05) is 12.3 Å². The standard InChI is InChI=1S/C11H19NO2Si/c1-11(2,3)15(4,5)14-12-9-7-6-8-10(12)13/h6-9H,1-5H3. The van der Waals surface area contributed by atoms with Crippen LogP contribution < -0.4 is 10.1 Å². The van der Waals surface area contributed by atoms with E-state index in [1.54, 1.807) is 18.3 Å². The van der Waals surface area contributed by atoms with Gasteiger partial charge >= 0.3 is 0 Å². The number of rotatable bonds is 2. The zero-order chi connectivity index (χ0) is 11.7. The molecule has 0 spiro atoms. The van der Waals surface area contributed by atoms with Crippen molar-refractivity contribution in [3.05, 3.63) is 34.7 Å². The molecule has 84 valence electrons. The van der Waals surface area contributed by atoms with Crippen LogP contribution in [0.2, 0.25) is 18.1 Å². The average Bonchev–Trinajstić information content (AvgIpc) is 2.06. The van der Waals surface area contributed by atoms with Crippen molar-refractivity contribution in [3.63, 3.8) is 0 Å². The van der Waals surface area contributed by atoms with Crippen molar-refractivity contribution in [3.8, 4) is 0 Å². The normalized spacial score (nSPS) is 12.6. The third-order valence-electron chi connectivity index (χ3n) is 2.92. The summed E-state index contributed by atoms with van der Waals surface area (Å²) in [6.07, 6.45) is 1.67. The Morgan fingerprint density at radius 3 is 2.33 bits per heavy atom. The van der Waals surface area contributed by atoms with Gasteiger partial charge in [0.05, 0.1) is 0 Å². The SMILES string of the molecule is CC(C)(C)[Si](C)(C)On1ccccc1=O. The van der Waals surface area contributed by atoms with Gasteiger partial charge in [-0.3, -0.25) is 4.79 Å². The van der Waals surface area contributed by atoms with Crippen molar-refractivity contribution < 1.29 is 4.53 Å². The molecule has 0 N–H and O–H groups in total. The van der Waals surface area contributed by atoms with E-state index in [9.17, 15) is 4.79 Å². The molecule has 1 rings (SSSR count). The lowest BCUT2D eigenvalue weighted by Crippen LogP contribution is -2.50. The monoisotopic (exact) mass is 225 g/mol. The molecule has 0 saturated heterocycles. The Labute approximate surface area is 91.8 Å². The number of hydrogen-bond donors (Lipinski definition) is 0. The number of hydrogen-bond acceptors (Lipinski definition) is 2. The van der Waals surface area contributed by atoms with Crippen molar-refractivity contribution in [2.24, 2.45) is 0 Å². The lowest BCUT2D eigenvalue weighted by Gasteiger charge is -2.35. The Morgan fingerprint density at radius 2 is 1.87 bits per heavy atom. The van der Waals surface area contributed by atoms with Gasteiger partial charge in [0.2, 0.25) is 0 Å². The maximum Gasteiger partial charge on any atom is 0.284 e. The maximum atomic E-state index is 11.5. The highest BCUT2D eigenvalue weighted by atomic mass is 28.4. The molecule has 0 unspecified atom stereocenters. The van der Waals surface area contributed by atoms with Gasteiger partial charge < -0.3 is 4.53 Å². The van der Waals surface area contributed by atoms with Crippen LogP contribution in [0.25, 0.3) is 0 Å². The fourth-order valence-corrected chi connectivity index (χ4v) is 1.79. The van der Waals surface area contributed by atoms with Crippen LogP contribution in [0.15, 0.2) is 29.2 Å². The van der Waals surface area contributed by atoms with Crippen LogP contribution in [0.4, 0.5) is 0 Å². The average molecular weight is 225 g/mol. The Bertz CT molecular complexity index is 390. The first-order chi connectivity index (χ1) is 6.74. The highest BCUT2D eigenvalue weighted by Crippen LogP contribution is 2.34. The Morgan fingerprint density at radius 1 is 1.27 bits per heavy atom. The molecule has 1 heterocycles. The van der Waals surface area contributed by atoms with Crippen LogP contribution in [0, 0.1) is 0 Å². The van der Waals surface area contributed by atoms with Crippen LogP contribution >= 0.6 is 0 Å². The molecule has 1 aromatic heterocycles. The zero-order valence-corrected chi connectivity index (χ0v) is 11.1. The summed E-state index contributed by atoms with van der Waals surface area (Å²) in [5, 5.41) is 0.0995. The van der Waals surface area contributed by atoms with E-state index in [2.05, 4.69) is 33.9 Å². The van der Waals surface area contributed by atoms with Gasteiger partial charge in [-0.2, -0.15) is 4.73 Å². The van der Waals surface area contributed by atoms with Crippen molar-refractivity contribution in [1.29, 1.82) is 0 Å². The zero-order valence-electron chi connectivity index (χ0n) is 10.1. The van der Waals surface area contributed by atoms with Crippen molar-refractivity contribution >= 4 is 8.32 Å². The van der Waals surface area contributed by atoms with E-state index in [4.69, 9.17) is 4.53 Å². The maximum absolute atomic E-state index is 11.5. The molecule has 15 heavy (non-hydrogen) atoms. The molecule has 0 aliphatic rings. The van der Waals surface area contributed by atoms with Gasteiger partial charge in [-0.1, -0.05) is 26.8 Å². The van der Waals surface area contributed by atoms with Crippen molar-refractivity contribution in [1.82, 2.24) is 4.73 Å². The summed E-state index contributed by atoms with van der Waals surface area (Å²) in [5.41, 5.74) is -0.109. The summed E-state index contributed by atoms with van der Waals surface area (Å²) in [6, 6.07) is 5.02. The van der Waals surface area contributed by atoms with Gasteiger partial charge in [0.15, 0.2) is 0 Å². The topological polar surface area (TPSA) is 31.2 Å². The second-order valence-corrected chi connectivity index (χ2v) is 9.92. The molecule has 3 nitrogen and oxygen atoms in total. The molecule has 0 aliphatic heterocycles. The molecule has 0 atom stereocenters. The molecule has 0 fully saturated rings. The van der Waals surface area contributed by atoms with Crippen LogP contribution in [-0.2, 0) is 0 Å². The summed E-state index contributed by atoms with van der Waals surface area (Å²) in [6.45, 7) is 10.7. The minimum Gasteiger partial charge on any atom is -0.467 e. The Kier molecular flexibility index (Phi) is 3.09. The van der Waals surface area contributed by atoms with Gasteiger partial charge in [-0.15, -0.1) is 0 Å². The van der Waals surface area contributed by atoms with E-state index in [1.165, 1.54) is 10.8 Å². The molecular weight excluding hydrogens is 206 g/mol. The minimum atomic E-state index is -1.91. The van der Waals surface area contributed by atoms with E-state index in [0.717, 1.165) is 0 Å². The number of aromatic nitrogens is 1. The second-order valence-electron chi connectivity index (χ2n) is 5.22. The largest absolute Gasteiger partial charge is 0.467 e. The lowest BCUT2D eigenvalue weighted by atomic mass is 10.2. The predicted molar refractivity (Wildman–Crippen MR) is 64.5 cm³/mol. The first kappa shape index (κ1) is 12.0. The van der Waals surface area contributed by atoms with Gasteiger partial charge in [0.25, 0.3) is 13.9 Å². The Balaban J connectivity index is 2.97. The highest BCUT2D eigenvalue weighted by Gasteiger charge is 2.40. The summed E-state index contributed by atoms with van der Waals surface area (Å²) >= 11 is 0. The van der Waals surface area contributed by atoms with E-state index < -0.39 is 8.32 Å². The van der Waals surface area contributed by atoms with E-state index in [-0.39, 0.29) is 10.6 Å². The van der Waals surface area contributed by atoms with E-state index in [0.29, 0.717) is 0 Å². The van der Waals surface area contributed by atoms with Crippen LogP contribution in [0.3, 0.4) is 0 Å². The van der Waals surface area contributed by atoms with E-state index >= 15 is 0 Å². The quantitative estimate of drug-likeness (QED) is 0.723. The third kappa shape index (κ3) is 2.72. The van der Waals surface area contributed by atoms with Crippen LogP contribution in [0.1, 0.15) is 20.8 Å². The molecule has 0 bridgehead atoms. The predicted octanol–water partition coefficient (Wildman–Crippen LogP) is 2.28. The third-order valence-corrected chi connectivity index (χ3v) is 7.19. The molecular formula is C11H19NO2Si. The lowest BCUT2D eigenvalue weighted by molar-refractivity contribution is 0.238. The molecule has 4 heteroatoms. The first-order valence-electron chi connectivity index (χ1n) is 5.11. The minimum absolute atomic E-state index is 0.0995. The van der Waals surface area contributed by atoms with Crippen LogP contribution in [-0.4, -0.2) is 13.0 Å². The summed E-state index contributed by atoms with van der Waals surface area (Å²) < 4.78 is 7.18. The number of pyridine rings is 1. The van der Waals surface area contributed by atoms with Gasteiger partial charge in [0.1, 0.15) is 0 Å². The fourth-order valence-electron chi connectivity index (χ4n) is 0.871. The molecule has 0 saturated carbocycles. The summed E-state index contributed by atoms with van der Waals surface area (Å²) in [5.74, 6) is 0. The van der Waals surface area contributed by atoms with Crippen LogP contribution in [0.5, 0.6) is 0 Å². The summed E-state index contributed by atoms with van der Waals surface area (Å²) in [7, 11) is -1.91. The summed E-state index contributed by atoms with van der Waals surface area (Å²) in [4.78, 5) is 11.5. The molecule has 1 aromatic rings. The smallest absolute Gasteiger partial charge is 0.284 e. The molecule has 0 radical (unpaired) electrons. The van der Waals surface area contributed by atoms with E-state index in [1.807, 2.05) is 0 Å². The number of nitrogens with zero attached hydrogens (tertiary/aromatic N) is 1. The fraction of sp³-hybridized carbons (Fsp3) is 0.545.